The third-order valence-electron chi connectivity index (χ3n) is 6.56. The molecule has 1 aliphatic rings. The molecule has 0 saturated carbocycles. The maximum absolute atomic E-state index is 6.36. The molecule has 1 saturated heterocycles. The number of pyridine rings is 2. The molecule has 0 spiro atoms. The second-order valence-electron chi connectivity index (χ2n) is 9.28. The SMILES string of the molecule is Cc1nc(C)c(Cl)c(NCc2nccc(OCCCCN3CCN(Cc4ccncc4)CC3)c2C)n1. The Morgan fingerprint density at radius 1 is 0.944 bits per heavy atom. The molecule has 3 aromatic rings. The van der Waals surface area contributed by atoms with Crippen LogP contribution >= 0.6 is 11.6 Å². The predicted molar refractivity (Wildman–Crippen MR) is 143 cm³/mol. The molecule has 0 amide bonds. The molecular formula is C27H36ClN7O. The number of ether oxygens (including phenoxy) is 1. The van der Waals surface area contributed by atoms with Crippen LogP contribution < -0.4 is 10.1 Å². The van der Waals surface area contributed by atoms with Crippen molar-refractivity contribution < 1.29 is 4.74 Å². The summed E-state index contributed by atoms with van der Waals surface area (Å²) in [4.78, 5) is 22.4. The highest BCUT2D eigenvalue weighted by atomic mass is 35.5. The molecule has 9 heteroatoms. The lowest BCUT2D eigenvalue weighted by molar-refractivity contribution is 0.124. The number of hydrogen-bond donors (Lipinski definition) is 1. The van der Waals surface area contributed by atoms with Crippen LogP contribution in [0.1, 0.15) is 41.2 Å². The molecule has 36 heavy (non-hydrogen) atoms. The second kappa shape index (κ2) is 12.9. The summed E-state index contributed by atoms with van der Waals surface area (Å²) in [6.45, 7) is 13.6. The summed E-state index contributed by atoms with van der Waals surface area (Å²) in [7, 11) is 0. The predicted octanol–water partition coefficient (Wildman–Crippen LogP) is 4.43. The summed E-state index contributed by atoms with van der Waals surface area (Å²) in [6, 6.07) is 6.14. The Labute approximate surface area is 219 Å². The third-order valence-corrected chi connectivity index (χ3v) is 7.01. The van der Waals surface area contributed by atoms with Gasteiger partial charge < -0.3 is 15.0 Å². The van der Waals surface area contributed by atoms with Gasteiger partial charge >= 0.3 is 0 Å². The van der Waals surface area contributed by atoms with Crippen molar-refractivity contribution in [1.82, 2.24) is 29.7 Å². The molecule has 1 N–H and O–H groups in total. The molecule has 0 aliphatic carbocycles. The van der Waals surface area contributed by atoms with E-state index < -0.39 is 0 Å². The summed E-state index contributed by atoms with van der Waals surface area (Å²) in [6.07, 6.45) is 7.70. The van der Waals surface area contributed by atoms with E-state index in [1.807, 2.05) is 39.2 Å². The number of aromatic nitrogens is 4. The monoisotopic (exact) mass is 509 g/mol. The minimum absolute atomic E-state index is 0.520. The number of nitrogens with one attached hydrogen (secondary N) is 1. The zero-order valence-corrected chi connectivity index (χ0v) is 22.3. The van der Waals surface area contributed by atoms with E-state index in [4.69, 9.17) is 16.3 Å². The third kappa shape index (κ3) is 7.35. The number of piperazine rings is 1. The van der Waals surface area contributed by atoms with Crippen LogP contribution in [0, 0.1) is 20.8 Å². The highest BCUT2D eigenvalue weighted by molar-refractivity contribution is 6.33. The van der Waals surface area contributed by atoms with Crippen LogP contribution in [-0.4, -0.2) is 69.1 Å². The first-order valence-corrected chi connectivity index (χ1v) is 13.0. The van der Waals surface area contributed by atoms with Gasteiger partial charge in [-0.25, -0.2) is 9.97 Å². The Morgan fingerprint density at radius 3 is 2.47 bits per heavy atom. The molecule has 192 valence electrons. The van der Waals surface area contributed by atoms with Gasteiger partial charge in [-0.1, -0.05) is 11.6 Å². The Kier molecular flexibility index (Phi) is 9.44. The van der Waals surface area contributed by atoms with Crippen molar-refractivity contribution in [2.75, 3.05) is 44.6 Å². The van der Waals surface area contributed by atoms with Crippen LogP contribution in [0.2, 0.25) is 5.02 Å². The molecule has 0 atom stereocenters. The fourth-order valence-corrected chi connectivity index (χ4v) is 4.57. The summed E-state index contributed by atoms with van der Waals surface area (Å²) in [5, 5.41) is 3.84. The number of hydrogen-bond acceptors (Lipinski definition) is 8. The van der Waals surface area contributed by atoms with Gasteiger partial charge in [-0.2, -0.15) is 0 Å². The van der Waals surface area contributed by atoms with Crippen LogP contribution in [0.25, 0.3) is 0 Å². The van der Waals surface area contributed by atoms with Gasteiger partial charge in [0.15, 0.2) is 0 Å². The van der Waals surface area contributed by atoms with Gasteiger partial charge in [-0.05, 0) is 63.9 Å². The topological polar surface area (TPSA) is 79.3 Å². The van der Waals surface area contributed by atoms with Crippen molar-refractivity contribution in [2.45, 2.75) is 46.7 Å². The number of anilines is 1. The standard InChI is InChI=1S/C27H36ClN7O/c1-20-24(18-31-27-26(28)21(2)32-22(3)33-27)30-11-8-25(20)36-17-5-4-12-34-13-15-35(16-14-34)19-23-6-9-29-10-7-23/h6-11H,4-5,12-19H2,1-3H3,(H,31,32,33). The Balaban J connectivity index is 1.16. The maximum Gasteiger partial charge on any atom is 0.149 e. The molecule has 3 aromatic heterocycles. The van der Waals surface area contributed by atoms with E-state index in [1.165, 1.54) is 5.56 Å². The number of unbranched alkanes of at least 4 members (excludes halogenated alkanes) is 1. The molecule has 1 fully saturated rings. The van der Waals surface area contributed by atoms with Crippen LogP contribution in [0.5, 0.6) is 5.75 Å². The van der Waals surface area contributed by atoms with Crippen molar-refractivity contribution in [3.05, 3.63) is 70.2 Å². The molecule has 4 rings (SSSR count). The van der Waals surface area contributed by atoms with E-state index in [-0.39, 0.29) is 0 Å². The average molecular weight is 510 g/mol. The first-order chi connectivity index (χ1) is 17.5. The molecule has 1 aliphatic heterocycles. The Bertz CT molecular complexity index is 1120. The highest BCUT2D eigenvalue weighted by Crippen LogP contribution is 2.24. The largest absolute Gasteiger partial charge is 0.493 e. The van der Waals surface area contributed by atoms with Crippen LogP contribution in [0.4, 0.5) is 5.82 Å². The van der Waals surface area contributed by atoms with Crippen LogP contribution in [-0.2, 0) is 13.1 Å². The molecule has 4 heterocycles. The molecule has 0 unspecified atom stereocenters. The van der Waals surface area contributed by atoms with Crippen molar-refractivity contribution in [3.8, 4) is 5.75 Å². The van der Waals surface area contributed by atoms with Gasteiger partial charge in [-0.3, -0.25) is 14.9 Å². The van der Waals surface area contributed by atoms with Gasteiger partial charge in [0.25, 0.3) is 0 Å². The van der Waals surface area contributed by atoms with E-state index in [1.54, 1.807) is 6.20 Å². The summed E-state index contributed by atoms with van der Waals surface area (Å²) >= 11 is 6.36. The Morgan fingerprint density at radius 2 is 1.69 bits per heavy atom. The molecule has 0 aromatic carbocycles. The zero-order valence-electron chi connectivity index (χ0n) is 21.5. The van der Waals surface area contributed by atoms with E-state index in [2.05, 4.69) is 47.2 Å². The van der Waals surface area contributed by atoms with Crippen LogP contribution in [0.3, 0.4) is 0 Å². The lowest BCUT2D eigenvalue weighted by Gasteiger charge is -2.34. The first kappa shape index (κ1) is 26.3. The minimum atomic E-state index is 0.520. The summed E-state index contributed by atoms with van der Waals surface area (Å²) in [5.74, 6) is 2.20. The van der Waals surface area contributed by atoms with E-state index in [0.29, 0.717) is 29.8 Å². The van der Waals surface area contributed by atoms with Gasteiger partial charge in [-0.15, -0.1) is 0 Å². The Hall–Kier alpha value is -2.81. The van der Waals surface area contributed by atoms with Crippen molar-refractivity contribution in [2.24, 2.45) is 0 Å². The smallest absolute Gasteiger partial charge is 0.149 e. The van der Waals surface area contributed by atoms with Crippen molar-refractivity contribution in [1.29, 1.82) is 0 Å². The number of nitrogens with zero attached hydrogens (tertiary/aromatic N) is 6. The number of aryl methyl sites for hydroxylation is 2. The first-order valence-electron chi connectivity index (χ1n) is 12.6. The van der Waals surface area contributed by atoms with Crippen molar-refractivity contribution >= 4 is 17.4 Å². The number of halogens is 1. The van der Waals surface area contributed by atoms with Gasteiger partial charge in [0.2, 0.25) is 0 Å². The van der Waals surface area contributed by atoms with Gasteiger partial charge in [0.1, 0.15) is 22.4 Å². The lowest BCUT2D eigenvalue weighted by Crippen LogP contribution is -2.46. The van der Waals surface area contributed by atoms with E-state index in [0.717, 1.165) is 74.8 Å². The van der Waals surface area contributed by atoms with Gasteiger partial charge in [0.05, 0.1) is 24.5 Å². The molecule has 0 bridgehead atoms. The zero-order chi connectivity index (χ0) is 25.3. The quantitative estimate of drug-likeness (QED) is 0.380. The minimum Gasteiger partial charge on any atom is -0.493 e. The summed E-state index contributed by atoms with van der Waals surface area (Å²) < 4.78 is 6.11. The van der Waals surface area contributed by atoms with E-state index >= 15 is 0 Å². The fraction of sp³-hybridized carbons (Fsp3) is 0.481. The average Bonchev–Trinajstić information content (AvgIpc) is 2.88. The second-order valence-corrected chi connectivity index (χ2v) is 9.66. The van der Waals surface area contributed by atoms with Gasteiger partial charge in [0, 0.05) is 56.9 Å². The van der Waals surface area contributed by atoms with E-state index in [9.17, 15) is 0 Å². The fourth-order valence-electron chi connectivity index (χ4n) is 4.41. The molecule has 8 nitrogen and oxygen atoms in total. The molecular weight excluding hydrogens is 474 g/mol. The number of rotatable bonds is 11. The van der Waals surface area contributed by atoms with Crippen molar-refractivity contribution in [3.63, 3.8) is 0 Å². The van der Waals surface area contributed by atoms with Crippen LogP contribution in [0.15, 0.2) is 36.8 Å². The normalized spacial score (nSPS) is 14.7. The maximum atomic E-state index is 6.36. The summed E-state index contributed by atoms with van der Waals surface area (Å²) in [5.41, 5.74) is 4.06. The lowest BCUT2D eigenvalue weighted by atomic mass is 10.2. The molecule has 0 radical (unpaired) electrons. The highest BCUT2D eigenvalue weighted by Gasteiger charge is 2.16.